The summed E-state index contributed by atoms with van der Waals surface area (Å²) in [5.41, 5.74) is 2.93. The van der Waals surface area contributed by atoms with Crippen LogP contribution in [0.2, 0.25) is 5.02 Å². The molecule has 2 aromatic rings. The molecule has 1 aliphatic rings. The van der Waals surface area contributed by atoms with Gasteiger partial charge in [0.05, 0.1) is 11.4 Å². The lowest BCUT2D eigenvalue weighted by Gasteiger charge is -2.20. The van der Waals surface area contributed by atoms with Crippen LogP contribution in [0, 0.1) is 0 Å². The Hall–Kier alpha value is -2.25. The van der Waals surface area contributed by atoms with E-state index in [4.69, 9.17) is 11.6 Å². The molecule has 1 heterocycles. The number of aliphatic imine (C=N–C) groups is 1. The van der Waals surface area contributed by atoms with E-state index in [1.165, 1.54) is 4.31 Å². The minimum Gasteiger partial charge on any atom is -0.355 e. The summed E-state index contributed by atoms with van der Waals surface area (Å²) >= 11 is 5.88. The van der Waals surface area contributed by atoms with Crippen LogP contribution in [-0.4, -0.2) is 40.3 Å². The van der Waals surface area contributed by atoms with Crippen LogP contribution in [0.1, 0.15) is 11.1 Å². The lowest BCUT2D eigenvalue weighted by molar-refractivity contribution is 0.591. The molecule has 0 fully saturated rings. The van der Waals surface area contributed by atoms with Crippen LogP contribution in [0.25, 0.3) is 0 Å². The summed E-state index contributed by atoms with van der Waals surface area (Å²) in [6.45, 7) is 1.36. The zero-order valence-electron chi connectivity index (χ0n) is 15.2. The van der Waals surface area contributed by atoms with Gasteiger partial charge in [-0.05, 0) is 35.7 Å². The molecule has 0 unspecified atom stereocenters. The molecule has 2 N–H and O–H groups in total. The van der Waals surface area contributed by atoms with Crippen molar-refractivity contribution in [3.05, 3.63) is 64.7 Å². The number of fused-ring (bicyclic) bond motifs is 1. The fourth-order valence-corrected chi connectivity index (χ4v) is 4.57. The fourth-order valence-electron chi connectivity index (χ4n) is 3.01. The molecule has 27 heavy (non-hydrogen) atoms. The summed E-state index contributed by atoms with van der Waals surface area (Å²) in [4.78, 5) is 4.13. The Kier molecular flexibility index (Phi) is 6.23. The molecule has 1 aliphatic heterocycles. The first-order chi connectivity index (χ1) is 13.0. The van der Waals surface area contributed by atoms with Gasteiger partial charge in [-0.3, -0.25) is 9.30 Å². The molecule has 2 aromatic carbocycles. The second-order valence-electron chi connectivity index (χ2n) is 6.25. The number of hydrogen-bond acceptors (Lipinski definition) is 3. The maximum absolute atomic E-state index is 12.7. The first-order valence-corrected chi connectivity index (χ1v) is 10.8. The number of para-hydroxylation sites is 1. The van der Waals surface area contributed by atoms with Gasteiger partial charge in [-0.2, -0.15) is 0 Å². The average Bonchev–Trinajstić information content (AvgIpc) is 3.11. The Balaban J connectivity index is 1.51. The maximum Gasteiger partial charge on any atom is 0.236 e. The molecular weight excluding hydrogens is 384 g/mol. The minimum absolute atomic E-state index is 0.00296. The Morgan fingerprint density at radius 2 is 1.89 bits per heavy atom. The predicted molar refractivity (Wildman–Crippen MR) is 111 cm³/mol. The van der Waals surface area contributed by atoms with Gasteiger partial charge < -0.3 is 10.6 Å². The number of hydrogen-bond donors (Lipinski definition) is 2. The van der Waals surface area contributed by atoms with Gasteiger partial charge in [-0.25, -0.2) is 8.42 Å². The summed E-state index contributed by atoms with van der Waals surface area (Å²) in [6, 6.07) is 15.2. The molecular formula is C19H23ClN4O2S. The van der Waals surface area contributed by atoms with Crippen LogP contribution in [-0.2, 0) is 23.0 Å². The van der Waals surface area contributed by atoms with Crippen molar-refractivity contribution in [1.29, 1.82) is 0 Å². The smallest absolute Gasteiger partial charge is 0.236 e. The van der Waals surface area contributed by atoms with E-state index in [1.54, 1.807) is 7.05 Å². The van der Waals surface area contributed by atoms with Crippen LogP contribution in [0.5, 0.6) is 0 Å². The number of benzene rings is 2. The van der Waals surface area contributed by atoms with Crippen LogP contribution < -0.4 is 14.9 Å². The third-order valence-corrected chi connectivity index (χ3v) is 6.45. The standard InChI is InChI=1S/C19H23ClN4O2S/c1-21-19(23-14-15-6-8-17(20)9-7-15)22-11-13-27(25,26)24-12-10-16-4-2-3-5-18(16)24/h2-9H,10-14H2,1H3,(H2,21,22,23). The van der Waals surface area contributed by atoms with E-state index in [9.17, 15) is 8.42 Å². The van der Waals surface area contributed by atoms with Gasteiger partial charge in [0.15, 0.2) is 5.96 Å². The molecule has 0 saturated heterocycles. The zero-order valence-corrected chi connectivity index (χ0v) is 16.7. The van der Waals surface area contributed by atoms with E-state index >= 15 is 0 Å². The molecule has 0 aromatic heterocycles. The number of nitrogens with one attached hydrogen (secondary N) is 2. The molecule has 0 saturated carbocycles. The summed E-state index contributed by atoms with van der Waals surface area (Å²) < 4.78 is 26.9. The van der Waals surface area contributed by atoms with Crippen molar-refractivity contribution in [2.24, 2.45) is 4.99 Å². The summed E-state index contributed by atoms with van der Waals surface area (Å²) in [6.07, 6.45) is 0.757. The first kappa shape index (κ1) is 19.5. The van der Waals surface area contributed by atoms with Gasteiger partial charge in [0.1, 0.15) is 0 Å². The van der Waals surface area contributed by atoms with Gasteiger partial charge in [-0.1, -0.05) is 41.9 Å². The quantitative estimate of drug-likeness (QED) is 0.570. The van der Waals surface area contributed by atoms with Crippen molar-refractivity contribution in [3.8, 4) is 0 Å². The highest BCUT2D eigenvalue weighted by Crippen LogP contribution is 2.29. The van der Waals surface area contributed by atoms with Crippen molar-refractivity contribution < 1.29 is 8.42 Å². The highest BCUT2D eigenvalue weighted by atomic mass is 35.5. The number of rotatable bonds is 6. The molecule has 144 valence electrons. The minimum atomic E-state index is -3.38. The fraction of sp³-hybridized carbons (Fsp3) is 0.316. The molecule has 0 spiro atoms. The number of anilines is 1. The Bertz CT molecular complexity index is 914. The molecule has 8 heteroatoms. The maximum atomic E-state index is 12.7. The second kappa shape index (κ2) is 8.63. The van der Waals surface area contributed by atoms with Crippen molar-refractivity contribution in [2.75, 3.05) is 30.2 Å². The average molecular weight is 407 g/mol. The van der Waals surface area contributed by atoms with Gasteiger partial charge in [-0.15, -0.1) is 0 Å². The second-order valence-corrected chi connectivity index (χ2v) is 8.70. The number of sulfonamides is 1. The van der Waals surface area contributed by atoms with Crippen LogP contribution >= 0.6 is 11.6 Å². The SMILES string of the molecule is CN=C(NCCS(=O)(=O)N1CCc2ccccc21)NCc1ccc(Cl)cc1. The summed E-state index contributed by atoms with van der Waals surface area (Å²) in [5.74, 6) is 0.560. The number of nitrogens with zero attached hydrogens (tertiary/aromatic N) is 2. The van der Waals surface area contributed by atoms with Gasteiger partial charge in [0, 0.05) is 31.7 Å². The molecule has 6 nitrogen and oxygen atoms in total. The van der Waals surface area contributed by atoms with Gasteiger partial charge >= 0.3 is 0 Å². The lowest BCUT2D eigenvalue weighted by atomic mass is 10.2. The molecule has 0 radical (unpaired) electrons. The molecule has 0 atom stereocenters. The Morgan fingerprint density at radius 3 is 2.63 bits per heavy atom. The number of halogens is 1. The van der Waals surface area contributed by atoms with E-state index in [2.05, 4.69) is 15.6 Å². The van der Waals surface area contributed by atoms with E-state index < -0.39 is 10.0 Å². The van der Waals surface area contributed by atoms with Crippen LogP contribution in [0.4, 0.5) is 5.69 Å². The van der Waals surface area contributed by atoms with Crippen molar-refractivity contribution in [3.63, 3.8) is 0 Å². The highest BCUT2D eigenvalue weighted by Gasteiger charge is 2.28. The van der Waals surface area contributed by atoms with E-state index in [0.717, 1.165) is 23.2 Å². The molecule has 0 aliphatic carbocycles. The zero-order chi connectivity index (χ0) is 19.3. The lowest BCUT2D eigenvalue weighted by Crippen LogP contribution is -2.41. The van der Waals surface area contributed by atoms with E-state index in [0.29, 0.717) is 24.1 Å². The van der Waals surface area contributed by atoms with E-state index in [-0.39, 0.29) is 12.3 Å². The predicted octanol–water partition coefficient (Wildman–Crippen LogP) is 2.40. The molecule has 0 bridgehead atoms. The highest BCUT2D eigenvalue weighted by molar-refractivity contribution is 7.92. The van der Waals surface area contributed by atoms with Crippen molar-refractivity contribution >= 4 is 33.3 Å². The normalized spacial score (nSPS) is 14.1. The van der Waals surface area contributed by atoms with Crippen molar-refractivity contribution in [2.45, 2.75) is 13.0 Å². The number of guanidine groups is 1. The monoisotopic (exact) mass is 406 g/mol. The summed E-state index contributed by atoms with van der Waals surface area (Å²) in [5, 5.41) is 6.92. The van der Waals surface area contributed by atoms with Gasteiger partial charge in [0.2, 0.25) is 10.0 Å². The largest absolute Gasteiger partial charge is 0.355 e. The Labute approximate surface area is 165 Å². The first-order valence-electron chi connectivity index (χ1n) is 8.77. The third kappa shape index (κ3) is 4.93. The van der Waals surface area contributed by atoms with Crippen LogP contribution in [0.3, 0.4) is 0 Å². The van der Waals surface area contributed by atoms with Crippen LogP contribution in [0.15, 0.2) is 53.5 Å². The topological polar surface area (TPSA) is 73.8 Å². The van der Waals surface area contributed by atoms with Gasteiger partial charge in [0.25, 0.3) is 0 Å². The van der Waals surface area contributed by atoms with E-state index in [1.807, 2.05) is 48.5 Å². The Morgan fingerprint density at radius 1 is 1.15 bits per heavy atom. The molecule has 3 rings (SSSR count). The van der Waals surface area contributed by atoms with Crippen molar-refractivity contribution in [1.82, 2.24) is 10.6 Å². The third-order valence-electron chi connectivity index (χ3n) is 4.43. The summed E-state index contributed by atoms with van der Waals surface area (Å²) in [7, 11) is -1.72. The molecule has 0 amide bonds.